The van der Waals surface area contributed by atoms with E-state index in [0.29, 0.717) is 23.7 Å². The summed E-state index contributed by atoms with van der Waals surface area (Å²) in [6.45, 7) is 0. The highest BCUT2D eigenvalue weighted by atomic mass is 16.2. The second-order valence-corrected chi connectivity index (χ2v) is 7.72. The second-order valence-electron chi connectivity index (χ2n) is 7.72. The molecule has 4 rings (SSSR count). The Hall–Kier alpha value is -3.22. The molecule has 3 aromatic rings. The lowest BCUT2D eigenvalue weighted by atomic mass is 9.84. The number of amides is 2. The monoisotopic (exact) mass is 407 g/mol. The number of carbonyl (C=O) groups is 2. The molecule has 30 heavy (non-hydrogen) atoms. The van der Waals surface area contributed by atoms with E-state index in [0.717, 1.165) is 29.4 Å². The topological polar surface area (TPSA) is 114 Å². The van der Waals surface area contributed by atoms with Gasteiger partial charge in [0.05, 0.1) is 11.0 Å². The molecule has 7 heteroatoms. The molecule has 1 atom stereocenters. The normalized spacial score (nSPS) is 15.3. The third-order valence-corrected chi connectivity index (χ3v) is 5.64. The van der Waals surface area contributed by atoms with Crippen LogP contribution in [0.5, 0.6) is 0 Å². The smallest absolute Gasteiger partial charge is 0.252 e. The third-order valence-electron chi connectivity index (χ3n) is 5.64. The summed E-state index contributed by atoms with van der Waals surface area (Å²) in [5.74, 6) is 0.380. The molecular formula is C23H29N5O2. The SMILES string of the molecule is C.NC(=O)[C@@H](CC1CCCCC1)NC(=O)c1ccc2nc(-c3ccncc3)[nH]c2c1. The van der Waals surface area contributed by atoms with E-state index in [1.165, 1.54) is 19.3 Å². The van der Waals surface area contributed by atoms with Gasteiger partial charge in [-0.1, -0.05) is 39.5 Å². The van der Waals surface area contributed by atoms with Crippen molar-refractivity contribution < 1.29 is 9.59 Å². The average molecular weight is 408 g/mol. The molecule has 1 fully saturated rings. The van der Waals surface area contributed by atoms with Crippen LogP contribution in [0.2, 0.25) is 0 Å². The van der Waals surface area contributed by atoms with Gasteiger partial charge < -0.3 is 16.0 Å². The highest BCUT2D eigenvalue weighted by Crippen LogP contribution is 2.27. The number of nitrogens with one attached hydrogen (secondary N) is 2. The Morgan fingerprint density at radius 2 is 1.87 bits per heavy atom. The molecule has 0 saturated heterocycles. The highest BCUT2D eigenvalue weighted by molar-refractivity contribution is 5.99. The average Bonchev–Trinajstić information content (AvgIpc) is 3.18. The lowest BCUT2D eigenvalue weighted by Gasteiger charge is -2.25. The molecule has 2 heterocycles. The van der Waals surface area contributed by atoms with E-state index in [1.54, 1.807) is 30.6 Å². The molecule has 0 bridgehead atoms. The number of H-pyrrole nitrogens is 1. The lowest BCUT2D eigenvalue weighted by Crippen LogP contribution is -2.45. The van der Waals surface area contributed by atoms with Gasteiger partial charge in [0.15, 0.2) is 0 Å². The summed E-state index contributed by atoms with van der Waals surface area (Å²) in [5.41, 5.74) is 8.48. The van der Waals surface area contributed by atoms with E-state index in [1.807, 2.05) is 12.1 Å². The van der Waals surface area contributed by atoms with Crippen LogP contribution in [0.4, 0.5) is 0 Å². The zero-order valence-corrected chi connectivity index (χ0v) is 16.2. The first kappa shape index (κ1) is 21.5. The summed E-state index contributed by atoms with van der Waals surface area (Å²) < 4.78 is 0. The summed E-state index contributed by atoms with van der Waals surface area (Å²) in [5, 5.41) is 2.83. The molecule has 158 valence electrons. The largest absolute Gasteiger partial charge is 0.368 e. The first-order valence-electron chi connectivity index (χ1n) is 10.1. The molecule has 1 aromatic carbocycles. The third kappa shape index (κ3) is 4.84. The molecule has 4 N–H and O–H groups in total. The first-order valence-corrected chi connectivity index (χ1v) is 10.1. The van der Waals surface area contributed by atoms with Gasteiger partial charge in [-0.3, -0.25) is 14.6 Å². The predicted octanol–water partition coefficient (Wildman–Crippen LogP) is 3.82. The van der Waals surface area contributed by atoms with Gasteiger partial charge in [0.1, 0.15) is 11.9 Å². The number of nitrogens with zero attached hydrogens (tertiary/aromatic N) is 2. The number of pyridine rings is 1. The zero-order valence-electron chi connectivity index (χ0n) is 16.2. The number of carbonyl (C=O) groups excluding carboxylic acids is 2. The van der Waals surface area contributed by atoms with E-state index in [4.69, 9.17) is 5.73 Å². The van der Waals surface area contributed by atoms with Gasteiger partial charge in [0.2, 0.25) is 5.91 Å². The van der Waals surface area contributed by atoms with Crippen molar-refractivity contribution in [3.8, 4) is 11.4 Å². The van der Waals surface area contributed by atoms with E-state index >= 15 is 0 Å². The van der Waals surface area contributed by atoms with Crippen molar-refractivity contribution in [2.45, 2.75) is 52.0 Å². The van der Waals surface area contributed by atoms with Crippen molar-refractivity contribution in [3.05, 3.63) is 48.3 Å². The number of hydrogen-bond donors (Lipinski definition) is 3. The molecule has 1 saturated carbocycles. The molecule has 0 aliphatic heterocycles. The number of aromatic nitrogens is 3. The number of rotatable bonds is 6. The van der Waals surface area contributed by atoms with Gasteiger partial charge in [0, 0.05) is 23.5 Å². The Kier molecular flexibility index (Phi) is 6.82. The van der Waals surface area contributed by atoms with Crippen LogP contribution in [0, 0.1) is 5.92 Å². The minimum Gasteiger partial charge on any atom is -0.368 e. The van der Waals surface area contributed by atoms with Gasteiger partial charge in [-0.2, -0.15) is 0 Å². The van der Waals surface area contributed by atoms with Gasteiger partial charge in [-0.25, -0.2) is 4.98 Å². The predicted molar refractivity (Wildman–Crippen MR) is 118 cm³/mol. The molecular weight excluding hydrogens is 378 g/mol. The minimum atomic E-state index is -0.643. The van der Waals surface area contributed by atoms with Crippen molar-refractivity contribution in [1.82, 2.24) is 20.3 Å². The lowest BCUT2D eigenvalue weighted by molar-refractivity contribution is -0.120. The minimum absolute atomic E-state index is 0. The summed E-state index contributed by atoms with van der Waals surface area (Å²) in [4.78, 5) is 36.5. The maximum absolute atomic E-state index is 12.8. The number of aromatic amines is 1. The van der Waals surface area contributed by atoms with Gasteiger partial charge in [-0.15, -0.1) is 0 Å². The molecule has 0 spiro atoms. The van der Waals surface area contributed by atoms with Crippen molar-refractivity contribution in [2.24, 2.45) is 11.7 Å². The number of nitrogens with two attached hydrogens (primary N) is 1. The van der Waals surface area contributed by atoms with Crippen LogP contribution < -0.4 is 11.1 Å². The number of imidazole rings is 1. The van der Waals surface area contributed by atoms with Gasteiger partial charge in [-0.05, 0) is 42.7 Å². The van der Waals surface area contributed by atoms with Crippen LogP contribution in [0.15, 0.2) is 42.7 Å². The summed E-state index contributed by atoms with van der Waals surface area (Å²) in [6, 6.07) is 8.36. The maximum Gasteiger partial charge on any atom is 0.252 e. The fourth-order valence-electron chi connectivity index (χ4n) is 4.04. The van der Waals surface area contributed by atoms with Crippen molar-refractivity contribution in [2.75, 3.05) is 0 Å². The van der Waals surface area contributed by atoms with E-state index < -0.39 is 11.9 Å². The molecule has 1 aliphatic carbocycles. The van der Waals surface area contributed by atoms with Crippen LogP contribution >= 0.6 is 0 Å². The van der Waals surface area contributed by atoms with E-state index in [2.05, 4.69) is 20.3 Å². The number of primary amides is 1. The van der Waals surface area contributed by atoms with Crippen molar-refractivity contribution in [1.29, 1.82) is 0 Å². The van der Waals surface area contributed by atoms with Gasteiger partial charge >= 0.3 is 0 Å². The highest BCUT2D eigenvalue weighted by Gasteiger charge is 2.24. The standard InChI is InChI=1S/C22H25N5O2.CH4/c23-20(28)19(12-14-4-2-1-3-5-14)27-22(29)16-6-7-17-18(13-16)26-21(25-17)15-8-10-24-11-9-15;/h6-11,13-14,19H,1-5,12H2,(H2,23,28)(H,25,26)(H,27,29);1H4/t19-;/m1./s1. The summed E-state index contributed by atoms with van der Waals surface area (Å²) in [6.07, 6.45) is 9.82. The Bertz CT molecular complexity index is 1010. The molecule has 2 aromatic heterocycles. The quantitative estimate of drug-likeness (QED) is 0.576. The van der Waals surface area contributed by atoms with E-state index in [9.17, 15) is 9.59 Å². The summed E-state index contributed by atoms with van der Waals surface area (Å²) in [7, 11) is 0. The number of benzene rings is 1. The first-order chi connectivity index (χ1) is 14.1. The molecule has 2 amide bonds. The van der Waals surface area contributed by atoms with Crippen LogP contribution in [-0.2, 0) is 4.79 Å². The fraction of sp³-hybridized carbons (Fsp3) is 0.391. The Labute approximate surface area is 176 Å². The Balaban J connectivity index is 0.00000256. The zero-order chi connectivity index (χ0) is 20.2. The molecule has 1 aliphatic rings. The maximum atomic E-state index is 12.8. The Morgan fingerprint density at radius 3 is 2.57 bits per heavy atom. The number of fused-ring (bicyclic) bond motifs is 1. The van der Waals surface area contributed by atoms with Crippen LogP contribution in [-0.4, -0.2) is 32.8 Å². The van der Waals surface area contributed by atoms with E-state index in [-0.39, 0.29) is 13.3 Å². The summed E-state index contributed by atoms with van der Waals surface area (Å²) >= 11 is 0. The van der Waals surface area contributed by atoms with Crippen molar-refractivity contribution in [3.63, 3.8) is 0 Å². The second kappa shape index (κ2) is 9.52. The Morgan fingerprint density at radius 1 is 1.13 bits per heavy atom. The van der Waals surface area contributed by atoms with Crippen LogP contribution in [0.25, 0.3) is 22.4 Å². The molecule has 7 nitrogen and oxygen atoms in total. The number of hydrogen-bond acceptors (Lipinski definition) is 4. The molecule has 0 unspecified atom stereocenters. The van der Waals surface area contributed by atoms with Crippen LogP contribution in [0.1, 0.15) is 56.3 Å². The van der Waals surface area contributed by atoms with Crippen molar-refractivity contribution >= 4 is 22.8 Å². The van der Waals surface area contributed by atoms with Gasteiger partial charge in [0.25, 0.3) is 5.91 Å². The molecule has 0 radical (unpaired) electrons. The van der Waals surface area contributed by atoms with Crippen LogP contribution in [0.3, 0.4) is 0 Å². The fourth-order valence-corrected chi connectivity index (χ4v) is 4.04.